The Bertz CT molecular complexity index is 1170. The quantitative estimate of drug-likeness (QED) is 0.156. The highest BCUT2D eigenvalue weighted by atomic mass is 16.5. The van der Waals surface area contributed by atoms with Crippen molar-refractivity contribution in [3.8, 4) is 5.75 Å². The summed E-state index contributed by atoms with van der Waals surface area (Å²) in [5.74, 6) is 1.81. The molecular weight excluding hydrogens is 496 g/mol. The van der Waals surface area contributed by atoms with Crippen LogP contribution >= 0.6 is 0 Å². The van der Waals surface area contributed by atoms with Crippen LogP contribution in [0.5, 0.6) is 5.75 Å². The van der Waals surface area contributed by atoms with E-state index in [4.69, 9.17) is 9.47 Å². The van der Waals surface area contributed by atoms with Gasteiger partial charge < -0.3 is 19.3 Å². The van der Waals surface area contributed by atoms with E-state index in [-0.39, 0.29) is 5.97 Å². The van der Waals surface area contributed by atoms with Crippen LogP contribution in [0.2, 0.25) is 0 Å². The molecule has 3 aliphatic rings. The fourth-order valence-electron chi connectivity index (χ4n) is 7.52. The summed E-state index contributed by atoms with van der Waals surface area (Å²) in [5, 5.41) is 4.11. The molecule has 6 rings (SSSR count). The van der Waals surface area contributed by atoms with Crippen LogP contribution in [0, 0.1) is 5.92 Å². The van der Waals surface area contributed by atoms with Crippen LogP contribution in [0.25, 0.3) is 0 Å². The van der Waals surface area contributed by atoms with Gasteiger partial charge >= 0.3 is 5.97 Å². The first-order valence-corrected chi connectivity index (χ1v) is 15.0. The van der Waals surface area contributed by atoms with E-state index >= 15 is 0 Å². The fourth-order valence-corrected chi connectivity index (χ4v) is 7.52. The molecular formula is C35H45N2O3+. The number of esters is 1. The molecule has 0 aliphatic carbocycles. The Labute approximate surface area is 240 Å². The van der Waals surface area contributed by atoms with Crippen LogP contribution in [0.3, 0.4) is 0 Å². The van der Waals surface area contributed by atoms with Crippen molar-refractivity contribution in [3.05, 3.63) is 102 Å². The Kier molecular flexibility index (Phi) is 9.56. The van der Waals surface area contributed by atoms with Gasteiger partial charge in [-0.25, -0.2) is 0 Å². The maximum Gasteiger partial charge on any atom is 0.305 e. The van der Waals surface area contributed by atoms with Gasteiger partial charge in [-0.15, -0.1) is 0 Å². The molecule has 3 heterocycles. The molecule has 3 fully saturated rings. The fraction of sp³-hybridized carbons (Fsp3) is 0.457. The Hall–Kier alpha value is -3.15. The van der Waals surface area contributed by atoms with Crippen molar-refractivity contribution in [1.29, 1.82) is 0 Å². The van der Waals surface area contributed by atoms with Crippen LogP contribution in [0.1, 0.15) is 61.1 Å². The zero-order valence-corrected chi connectivity index (χ0v) is 24.1. The van der Waals surface area contributed by atoms with Gasteiger partial charge in [0, 0.05) is 31.4 Å². The van der Waals surface area contributed by atoms with Gasteiger partial charge in [-0.3, -0.25) is 4.79 Å². The SMILES string of the molecule is COC(=O)CCCCC[N+]12CCC(CC1)[C@H](NCc1ccccc1OC)[C@@H]2C(c1ccccc1)c1ccccc1. The van der Waals surface area contributed by atoms with Gasteiger partial charge in [0.1, 0.15) is 11.8 Å². The van der Waals surface area contributed by atoms with Gasteiger partial charge in [0.25, 0.3) is 0 Å². The number of nitrogens with one attached hydrogen (secondary N) is 1. The lowest BCUT2D eigenvalue weighted by Crippen LogP contribution is -2.74. The summed E-state index contributed by atoms with van der Waals surface area (Å²) in [6.07, 6.45) is 6.13. The second-order valence-electron chi connectivity index (χ2n) is 11.6. The van der Waals surface area contributed by atoms with Crippen molar-refractivity contribution < 1.29 is 18.8 Å². The largest absolute Gasteiger partial charge is 0.496 e. The highest BCUT2D eigenvalue weighted by Gasteiger charge is 2.56. The zero-order chi connectivity index (χ0) is 27.8. The minimum absolute atomic E-state index is 0.0995. The summed E-state index contributed by atoms with van der Waals surface area (Å²) in [5.41, 5.74) is 4.02. The van der Waals surface area contributed by atoms with Gasteiger partial charge in [0.05, 0.1) is 45.8 Å². The second kappa shape index (κ2) is 13.5. The van der Waals surface area contributed by atoms with Gasteiger partial charge in [-0.05, 0) is 42.4 Å². The smallest absolute Gasteiger partial charge is 0.305 e. The normalized spacial score (nSPS) is 23.7. The van der Waals surface area contributed by atoms with Crippen molar-refractivity contribution in [1.82, 2.24) is 5.32 Å². The van der Waals surface area contributed by atoms with E-state index in [1.165, 1.54) is 49.7 Å². The molecule has 5 heteroatoms. The number of carbonyl (C=O) groups excluding carboxylic acids is 1. The number of nitrogens with zero attached hydrogens (tertiary/aromatic N) is 1. The van der Waals surface area contributed by atoms with Crippen LogP contribution in [-0.4, -0.2) is 56.4 Å². The Morgan fingerprint density at radius 3 is 2.10 bits per heavy atom. The lowest BCUT2D eigenvalue weighted by atomic mass is 9.68. The standard InChI is InChI=1S/C35H45N2O3/c1-39-31-19-12-11-18-30(31)26-36-34-29-21-24-37(25-22-29,23-13-5-10-20-32(38)40-2)35(34)33(27-14-6-3-7-15-27)28-16-8-4-9-17-28/h3-4,6-9,11-12,14-19,29,33-36H,5,10,13,20-26H2,1-2H3/q+1/t29?,34-,35-,37?/m0/s1. The van der Waals surface area contributed by atoms with Gasteiger partial charge in [0.15, 0.2) is 0 Å². The third kappa shape index (κ3) is 6.26. The molecule has 0 spiro atoms. The predicted molar refractivity (Wildman–Crippen MR) is 160 cm³/mol. The number of benzene rings is 3. The average molecular weight is 542 g/mol. The number of unbranched alkanes of at least 4 members (excludes halogenated alkanes) is 2. The van der Waals surface area contributed by atoms with E-state index in [2.05, 4.69) is 84.2 Å². The highest BCUT2D eigenvalue weighted by Crippen LogP contribution is 2.47. The molecule has 1 N–H and O–H groups in total. The Balaban J connectivity index is 1.48. The van der Waals surface area contributed by atoms with Crippen molar-refractivity contribution in [2.75, 3.05) is 33.9 Å². The molecule has 0 aromatic heterocycles. The van der Waals surface area contributed by atoms with E-state index in [0.29, 0.717) is 30.3 Å². The molecule has 5 nitrogen and oxygen atoms in total. The first-order valence-electron chi connectivity index (χ1n) is 15.0. The van der Waals surface area contributed by atoms with Gasteiger partial charge in [0.2, 0.25) is 0 Å². The topological polar surface area (TPSA) is 47.6 Å². The maximum atomic E-state index is 11.7. The summed E-state index contributed by atoms with van der Waals surface area (Å²) in [6, 6.07) is 31.5. The monoisotopic (exact) mass is 541 g/mol. The summed E-state index contributed by atoms with van der Waals surface area (Å²) in [6.45, 7) is 4.42. The van der Waals surface area contributed by atoms with Gasteiger partial charge in [-0.1, -0.05) is 78.9 Å². The molecule has 2 bridgehead atoms. The summed E-state index contributed by atoms with van der Waals surface area (Å²) in [7, 11) is 3.24. The number of para-hydroxylation sites is 1. The molecule has 0 saturated carbocycles. The minimum atomic E-state index is -0.0995. The number of methoxy groups -OCH3 is 2. The lowest BCUT2D eigenvalue weighted by Gasteiger charge is -2.60. The molecule has 212 valence electrons. The average Bonchev–Trinajstić information content (AvgIpc) is 3.02. The Morgan fingerprint density at radius 2 is 1.48 bits per heavy atom. The molecule has 40 heavy (non-hydrogen) atoms. The third-order valence-corrected chi connectivity index (χ3v) is 9.49. The third-order valence-electron chi connectivity index (χ3n) is 9.49. The number of carbonyl (C=O) groups is 1. The number of hydrogen-bond donors (Lipinski definition) is 1. The van der Waals surface area contributed by atoms with Crippen LogP contribution in [0.4, 0.5) is 0 Å². The summed E-state index contributed by atoms with van der Waals surface area (Å²) >= 11 is 0. The molecule has 3 aromatic carbocycles. The highest BCUT2D eigenvalue weighted by molar-refractivity contribution is 5.68. The number of piperidine rings is 3. The van der Waals surface area contributed by atoms with Crippen molar-refractivity contribution in [2.45, 2.75) is 63.1 Å². The van der Waals surface area contributed by atoms with Crippen LogP contribution < -0.4 is 10.1 Å². The molecule has 0 amide bonds. The summed E-state index contributed by atoms with van der Waals surface area (Å²) < 4.78 is 11.7. The first-order chi connectivity index (χ1) is 19.6. The van der Waals surface area contributed by atoms with Crippen LogP contribution in [0.15, 0.2) is 84.9 Å². The Morgan fingerprint density at radius 1 is 0.850 bits per heavy atom. The van der Waals surface area contributed by atoms with Crippen molar-refractivity contribution in [2.24, 2.45) is 5.92 Å². The van der Waals surface area contributed by atoms with E-state index in [1.54, 1.807) is 7.11 Å². The van der Waals surface area contributed by atoms with E-state index in [1.807, 2.05) is 6.07 Å². The maximum absolute atomic E-state index is 11.7. The van der Waals surface area contributed by atoms with Crippen molar-refractivity contribution in [3.63, 3.8) is 0 Å². The predicted octanol–water partition coefficient (Wildman–Crippen LogP) is 6.33. The number of hydrogen-bond acceptors (Lipinski definition) is 4. The first kappa shape index (κ1) is 28.4. The molecule has 0 radical (unpaired) electrons. The minimum Gasteiger partial charge on any atom is -0.496 e. The second-order valence-corrected chi connectivity index (χ2v) is 11.6. The number of quaternary nitrogens is 1. The van der Waals surface area contributed by atoms with E-state index in [0.717, 1.165) is 42.6 Å². The lowest BCUT2D eigenvalue weighted by molar-refractivity contribution is -0.968. The number of ether oxygens (including phenoxy) is 2. The molecule has 3 aliphatic heterocycles. The van der Waals surface area contributed by atoms with Gasteiger partial charge in [-0.2, -0.15) is 0 Å². The number of rotatable bonds is 13. The summed E-state index contributed by atoms with van der Waals surface area (Å²) in [4.78, 5) is 11.7. The van der Waals surface area contributed by atoms with Crippen molar-refractivity contribution >= 4 is 5.97 Å². The van der Waals surface area contributed by atoms with E-state index < -0.39 is 0 Å². The molecule has 3 aromatic rings. The number of fused-ring (bicyclic) bond motifs is 3. The molecule has 2 atom stereocenters. The molecule has 0 unspecified atom stereocenters. The zero-order valence-electron chi connectivity index (χ0n) is 24.1. The van der Waals surface area contributed by atoms with E-state index in [9.17, 15) is 4.79 Å². The van der Waals surface area contributed by atoms with Crippen LogP contribution in [-0.2, 0) is 16.1 Å². The molecule has 3 saturated heterocycles.